The number of anilines is 1. The molecule has 3 aromatic rings. The molecular weight excluding hydrogens is 496 g/mol. The number of nitrogens with one attached hydrogen (secondary N) is 2. The average molecular weight is 518 g/mol. The number of rotatable bonds is 7. The van der Waals surface area contributed by atoms with E-state index in [9.17, 15) is 14.0 Å². The summed E-state index contributed by atoms with van der Waals surface area (Å²) in [5.41, 5.74) is 4.68. The Hall–Kier alpha value is -3.62. The molecular formula is C25H22Cl2FN3O4. The Morgan fingerprint density at radius 2 is 1.77 bits per heavy atom. The number of hydrogen-bond acceptors (Lipinski definition) is 5. The van der Waals surface area contributed by atoms with Gasteiger partial charge in [-0.2, -0.15) is 5.10 Å². The zero-order valence-corrected chi connectivity index (χ0v) is 20.6. The van der Waals surface area contributed by atoms with E-state index in [2.05, 4.69) is 15.8 Å². The van der Waals surface area contributed by atoms with Crippen LogP contribution in [0, 0.1) is 12.7 Å². The minimum absolute atomic E-state index is 0.0916. The van der Waals surface area contributed by atoms with E-state index in [0.717, 1.165) is 5.56 Å². The first-order valence-electron chi connectivity index (χ1n) is 10.4. The smallest absolute Gasteiger partial charge is 0.329 e. The Morgan fingerprint density at radius 1 is 1.00 bits per heavy atom. The second kappa shape index (κ2) is 11.7. The molecule has 0 bridgehead atoms. The van der Waals surface area contributed by atoms with E-state index >= 15 is 0 Å². The highest BCUT2D eigenvalue weighted by atomic mass is 35.5. The molecule has 0 aliphatic rings. The molecule has 2 amide bonds. The van der Waals surface area contributed by atoms with E-state index in [1.807, 2.05) is 6.92 Å². The Labute approximate surface area is 211 Å². The first-order chi connectivity index (χ1) is 16.7. The van der Waals surface area contributed by atoms with Crippen LogP contribution < -0.4 is 20.2 Å². The van der Waals surface area contributed by atoms with Gasteiger partial charge in [0.1, 0.15) is 12.4 Å². The lowest BCUT2D eigenvalue weighted by Gasteiger charge is -2.13. The van der Waals surface area contributed by atoms with Gasteiger partial charge in [0.25, 0.3) is 0 Å². The van der Waals surface area contributed by atoms with E-state index in [4.69, 9.17) is 32.7 Å². The molecule has 3 rings (SSSR count). The van der Waals surface area contributed by atoms with Crippen molar-refractivity contribution in [2.75, 3.05) is 12.4 Å². The molecule has 7 nitrogen and oxygen atoms in total. The summed E-state index contributed by atoms with van der Waals surface area (Å²) in [6, 6.07) is 14.2. The second-order valence-electron chi connectivity index (χ2n) is 7.41. The van der Waals surface area contributed by atoms with Crippen molar-refractivity contribution < 1.29 is 23.5 Å². The molecule has 2 N–H and O–H groups in total. The maximum atomic E-state index is 14.0. The van der Waals surface area contributed by atoms with E-state index in [-0.39, 0.29) is 17.2 Å². The molecule has 0 heterocycles. The van der Waals surface area contributed by atoms with Crippen molar-refractivity contribution in [3.63, 3.8) is 0 Å². The Kier molecular flexibility index (Phi) is 8.68. The lowest BCUT2D eigenvalue weighted by molar-refractivity contribution is -0.136. The number of carbonyl (C=O) groups is 2. The van der Waals surface area contributed by atoms with Gasteiger partial charge in [-0.15, -0.1) is 0 Å². The number of halogens is 3. The number of aryl methyl sites for hydroxylation is 1. The molecule has 182 valence electrons. The van der Waals surface area contributed by atoms with Crippen LogP contribution in [-0.4, -0.2) is 24.6 Å². The van der Waals surface area contributed by atoms with Gasteiger partial charge in [-0.05, 0) is 61.9 Å². The van der Waals surface area contributed by atoms with Crippen LogP contribution in [0.3, 0.4) is 0 Å². The van der Waals surface area contributed by atoms with E-state index in [1.54, 1.807) is 49.4 Å². The van der Waals surface area contributed by atoms with E-state index in [0.29, 0.717) is 33.5 Å². The van der Waals surface area contributed by atoms with Crippen LogP contribution in [0.1, 0.15) is 23.6 Å². The first-order valence-corrected chi connectivity index (χ1v) is 11.1. The molecule has 0 saturated heterocycles. The first kappa shape index (κ1) is 26.0. The molecule has 0 saturated carbocycles. The number of carbonyl (C=O) groups excluding carboxylic acids is 2. The fourth-order valence-electron chi connectivity index (χ4n) is 2.94. The van der Waals surface area contributed by atoms with Crippen molar-refractivity contribution in [1.82, 2.24) is 5.43 Å². The highest BCUT2D eigenvalue weighted by Crippen LogP contribution is 2.30. The summed E-state index contributed by atoms with van der Waals surface area (Å²) < 4.78 is 25.0. The SMILES string of the molecule is COc1cc(C(C)=NNC(=O)C(=O)Nc2ccc(C)c(Cl)c2)ccc1OCc1c(F)cccc1Cl. The number of nitrogens with zero attached hydrogens (tertiary/aromatic N) is 1. The van der Waals surface area contributed by atoms with Crippen LogP contribution in [0.25, 0.3) is 0 Å². The molecule has 0 aliphatic carbocycles. The normalized spacial score (nSPS) is 11.1. The third-order valence-corrected chi connectivity index (χ3v) is 5.74. The van der Waals surface area contributed by atoms with E-state index in [1.165, 1.54) is 19.2 Å². The van der Waals surface area contributed by atoms with Crippen LogP contribution in [0.4, 0.5) is 10.1 Å². The highest BCUT2D eigenvalue weighted by molar-refractivity contribution is 6.40. The van der Waals surface area contributed by atoms with Crippen molar-refractivity contribution in [3.05, 3.63) is 87.2 Å². The summed E-state index contributed by atoms with van der Waals surface area (Å²) in [7, 11) is 1.46. The molecule has 0 spiro atoms. The van der Waals surface area contributed by atoms with Gasteiger partial charge in [-0.3, -0.25) is 9.59 Å². The van der Waals surface area contributed by atoms with Crippen molar-refractivity contribution in [3.8, 4) is 11.5 Å². The van der Waals surface area contributed by atoms with Crippen molar-refractivity contribution in [2.24, 2.45) is 5.10 Å². The van der Waals surface area contributed by atoms with Crippen LogP contribution in [0.5, 0.6) is 11.5 Å². The summed E-state index contributed by atoms with van der Waals surface area (Å²) in [4.78, 5) is 24.3. The second-order valence-corrected chi connectivity index (χ2v) is 8.23. The predicted molar refractivity (Wildman–Crippen MR) is 134 cm³/mol. The average Bonchev–Trinajstić information content (AvgIpc) is 2.84. The lowest BCUT2D eigenvalue weighted by Crippen LogP contribution is -2.32. The third-order valence-electron chi connectivity index (χ3n) is 4.98. The van der Waals surface area contributed by atoms with Crippen LogP contribution in [0.15, 0.2) is 59.7 Å². The van der Waals surface area contributed by atoms with Gasteiger partial charge in [0.2, 0.25) is 0 Å². The Morgan fingerprint density at radius 3 is 2.46 bits per heavy atom. The maximum absolute atomic E-state index is 14.0. The van der Waals surface area contributed by atoms with Crippen LogP contribution >= 0.6 is 23.2 Å². The fraction of sp³-hybridized carbons (Fsp3) is 0.160. The Balaban J connectivity index is 1.65. The molecule has 3 aromatic carbocycles. The minimum atomic E-state index is -0.949. The quantitative estimate of drug-likeness (QED) is 0.245. The number of hydrogen-bond donors (Lipinski definition) is 2. The summed E-state index contributed by atoms with van der Waals surface area (Å²) in [6.07, 6.45) is 0. The highest BCUT2D eigenvalue weighted by Gasteiger charge is 2.15. The van der Waals surface area contributed by atoms with E-state index < -0.39 is 17.6 Å². The molecule has 35 heavy (non-hydrogen) atoms. The number of hydrazone groups is 1. The number of methoxy groups -OCH3 is 1. The molecule has 0 aliphatic heterocycles. The monoisotopic (exact) mass is 517 g/mol. The lowest BCUT2D eigenvalue weighted by atomic mass is 10.1. The van der Waals surface area contributed by atoms with Crippen molar-refractivity contribution >= 4 is 46.4 Å². The van der Waals surface area contributed by atoms with Gasteiger partial charge in [-0.25, -0.2) is 9.82 Å². The number of amides is 2. The van der Waals surface area contributed by atoms with Gasteiger partial charge < -0.3 is 14.8 Å². The molecule has 0 atom stereocenters. The van der Waals surface area contributed by atoms with Gasteiger partial charge >= 0.3 is 11.8 Å². The van der Waals surface area contributed by atoms with Gasteiger partial charge in [0, 0.05) is 21.8 Å². The minimum Gasteiger partial charge on any atom is -0.493 e. The van der Waals surface area contributed by atoms with Gasteiger partial charge in [0.05, 0.1) is 17.8 Å². The van der Waals surface area contributed by atoms with Crippen LogP contribution in [0.2, 0.25) is 10.0 Å². The number of ether oxygens (including phenoxy) is 2. The van der Waals surface area contributed by atoms with Crippen molar-refractivity contribution in [1.29, 1.82) is 0 Å². The topological polar surface area (TPSA) is 89.0 Å². The molecule has 0 aromatic heterocycles. The Bertz CT molecular complexity index is 1280. The summed E-state index contributed by atoms with van der Waals surface area (Å²) >= 11 is 12.1. The zero-order chi connectivity index (χ0) is 25.5. The summed E-state index contributed by atoms with van der Waals surface area (Å²) in [6.45, 7) is 3.38. The predicted octanol–water partition coefficient (Wildman–Crippen LogP) is 5.51. The molecule has 0 radical (unpaired) electrons. The number of benzene rings is 3. The van der Waals surface area contributed by atoms with Crippen LogP contribution in [-0.2, 0) is 16.2 Å². The molecule has 0 unspecified atom stereocenters. The summed E-state index contributed by atoms with van der Waals surface area (Å²) in [5, 5.41) is 7.16. The van der Waals surface area contributed by atoms with Gasteiger partial charge in [-0.1, -0.05) is 35.3 Å². The fourth-order valence-corrected chi connectivity index (χ4v) is 3.34. The maximum Gasteiger partial charge on any atom is 0.329 e. The standard InChI is InChI=1S/C25H22Cl2FN3O4/c1-14-7-9-17(12-20(14)27)29-24(32)25(33)31-30-15(2)16-8-10-22(23(11-16)34-3)35-13-18-19(26)5-4-6-21(18)28/h4-12H,13H2,1-3H3,(H,29,32)(H,31,33). The largest absolute Gasteiger partial charge is 0.493 e. The molecule has 10 heteroatoms. The van der Waals surface area contributed by atoms with Gasteiger partial charge in [0.15, 0.2) is 11.5 Å². The van der Waals surface area contributed by atoms with Crippen molar-refractivity contribution in [2.45, 2.75) is 20.5 Å². The summed E-state index contributed by atoms with van der Waals surface area (Å²) in [5.74, 6) is -1.58. The molecule has 0 fully saturated rings. The third kappa shape index (κ3) is 6.71. The zero-order valence-electron chi connectivity index (χ0n) is 19.1.